The molecule has 1 aliphatic heterocycles. The minimum Gasteiger partial charge on any atom is -0.465 e. The Hall–Kier alpha value is -1.25. The molecule has 82 valence electrons. The van der Waals surface area contributed by atoms with Crippen LogP contribution < -0.4 is 0 Å². The molecule has 3 heteroatoms. The number of esters is 1. The van der Waals surface area contributed by atoms with E-state index in [1.165, 1.54) is 5.69 Å². The van der Waals surface area contributed by atoms with Crippen LogP contribution >= 0.6 is 0 Å². The smallest absolute Gasteiger partial charge is 0.309 e. The molecule has 3 nitrogen and oxygen atoms in total. The van der Waals surface area contributed by atoms with Crippen LogP contribution in [0.2, 0.25) is 0 Å². The molecule has 0 amide bonds. The van der Waals surface area contributed by atoms with Crippen LogP contribution in [0.15, 0.2) is 18.3 Å². The zero-order valence-electron chi connectivity index (χ0n) is 9.27. The highest BCUT2D eigenvalue weighted by Gasteiger charge is 2.35. The average molecular weight is 207 g/mol. The molecule has 0 radical (unpaired) electrons. The number of rotatable bonds is 3. The lowest BCUT2D eigenvalue weighted by Crippen LogP contribution is -2.18. The van der Waals surface area contributed by atoms with Crippen molar-refractivity contribution in [2.24, 2.45) is 18.9 Å². The van der Waals surface area contributed by atoms with Crippen LogP contribution in [0.4, 0.5) is 0 Å². The van der Waals surface area contributed by atoms with Crippen LogP contribution in [-0.4, -0.2) is 17.1 Å². The van der Waals surface area contributed by atoms with Crippen molar-refractivity contribution in [2.45, 2.75) is 19.8 Å². The van der Waals surface area contributed by atoms with E-state index in [0.717, 1.165) is 12.8 Å². The molecule has 0 N–H and O–H groups in total. The van der Waals surface area contributed by atoms with E-state index in [2.05, 4.69) is 17.6 Å². The van der Waals surface area contributed by atoms with E-state index in [-0.39, 0.29) is 11.9 Å². The summed E-state index contributed by atoms with van der Waals surface area (Å²) >= 11 is 0. The molecule has 1 saturated heterocycles. The monoisotopic (exact) mass is 207 g/mol. The summed E-state index contributed by atoms with van der Waals surface area (Å²) < 4.78 is 7.22. The lowest BCUT2D eigenvalue weighted by atomic mass is 9.89. The number of carbonyl (C=O) groups is 1. The highest BCUT2D eigenvalue weighted by Crippen LogP contribution is 2.28. The van der Waals surface area contributed by atoms with Gasteiger partial charge in [-0.1, -0.05) is 6.92 Å². The lowest BCUT2D eigenvalue weighted by molar-refractivity contribution is -0.141. The van der Waals surface area contributed by atoms with E-state index in [0.29, 0.717) is 12.5 Å². The molecule has 0 saturated carbocycles. The summed E-state index contributed by atoms with van der Waals surface area (Å²) in [7, 11) is 2.04. The second kappa shape index (κ2) is 4.09. The zero-order valence-corrected chi connectivity index (χ0v) is 9.27. The molecule has 1 aliphatic rings. The molecule has 1 aromatic heterocycles. The lowest BCUT2D eigenvalue weighted by Gasteiger charge is -2.13. The molecule has 1 fully saturated rings. The summed E-state index contributed by atoms with van der Waals surface area (Å²) in [6, 6.07) is 4.14. The van der Waals surface area contributed by atoms with E-state index in [1.807, 2.05) is 19.3 Å². The molecule has 0 aliphatic carbocycles. The van der Waals surface area contributed by atoms with Crippen molar-refractivity contribution < 1.29 is 9.53 Å². The van der Waals surface area contributed by atoms with Gasteiger partial charge in [-0.25, -0.2) is 0 Å². The number of ether oxygens (including phenoxy) is 1. The molecular weight excluding hydrogens is 190 g/mol. The molecule has 0 aromatic carbocycles. The summed E-state index contributed by atoms with van der Waals surface area (Å²) in [5.74, 6) is 0.438. The molecule has 2 unspecified atom stereocenters. The first-order valence-electron chi connectivity index (χ1n) is 5.49. The Labute approximate surface area is 90.0 Å². The summed E-state index contributed by atoms with van der Waals surface area (Å²) in [5, 5.41) is 0. The predicted molar refractivity (Wildman–Crippen MR) is 57.3 cm³/mol. The van der Waals surface area contributed by atoms with Gasteiger partial charge in [0.2, 0.25) is 0 Å². The van der Waals surface area contributed by atoms with Crippen molar-refractivity contribution in [2.75, 3.05) is 6.61 Å². The van der Waals surface area contributed by atoms with E-state index in [1.54, 1.807) is 0 Å². The van der Waals surface area contributed by atoms with Crippen molar-refractivity contribution >= 4 is 5.97 Å². The Morgan fingerprint density at radius 1 is 1.60 bits per heavy atom. The number of carbonyl (C=O) groups excluding carboxylic acids is 1. The average Bonchev–Trinajstić information content (AvgIpc) is 2.76. The molecule has 2 atom stereocenters. The minimum absolute atomic E-state index is 0.0169. The van der Waals surface area contributed by atoms with Gasteiger partial charge in [0.1, 0.15) is 0 Å². The topological polar surface area (TPSA) is 31.2 Å². The van der Waals surface area contributed by atoms with Gasteiger partial charge in [0.25, 0.3) is 0 Å². The fraction of sp³-hybridized carbons (Fsp3) is 0.583. The van der Waals surface area contributed by atoms with E-state index < -0.39 is 0 Å². The number of hydrogen-bond donors (Lipinski definition) is 0. The van der Waals surface area contributed by atoms with Gasteiger partial charge in [-0.2, -0.15) is 0 Å². The predicted octanol–water partition coefficient (Wildman–Crippen LogP) is 1.77. The first-order chi connectivity index (χ1) is 7.22. The van der Waals surface area contributed by atoms with Crippen molar-refractivity contribution in [1.82, 2.24) is 4.57 Å². The third-order valence-electron chi connectivity index (χ3n) is 3.27. The maximum Gasteiger partial charge on any atom is 0.309 e. The van der Waals surface area contributed by atoms with Gasteiger partial charge >= 0.3 is 5.97 Å². The molecule has 0 spiro atoms. The van der Waals surface area contributed by atoms with Gasteiger partial charge in [0.05, 0.1) is 12.5 Å². The van der Waals surface area contributed by atoms with Gasteiger partial charge in [-0.15, -0.1) is 0 Å². The highest BCUT2D eigenvalue weighted by atomic mass is 16.5. The first-order valence-corrected chi connectivity index (χ1v) is 5.49. The maximum absolute atomic E-state index is 11.4. The van der Waals surface area contributed by atoms with Crippen LogP contribution in [0.3, 0.4) is 0 Å². The van der Waals surface area contributed by atoms with E-state index >= 15 is 0 Å². The first kappa shape index (κ1) is 10.3. The Morgan fingerprint density at radius 2 is 2.40 bits per heavy atom. The van der Waals surface area contributed by atoms with Crippen LogP contribution in [0, 0.1) is 11.8 Å². The summed E-state index contributed by atoms with van der Waals surface area (Å²) in [4.78, 5) is 11.4. The van der Waals surface area contributed by atoms with Crippen molar-refractivity contribution in [3.8, 4) is 0 Å². The largest absolute Gasteiger partial charge is 0.465 e. The number of nitrogens with zero attached hydrogens (tertiary/aromatic N) is 1. The van der Waals surface area contributed by atoms with Gasteiger partial charge in [0.15, 0.2) is 0 Å². The van der Waals surface area contributed by atoms with Gasteiger partial charge in [-0.05, 0) is 25.0 Å². The standard InChI is InChI=1S/C12H17NO2/c1-3-11-9(8-15-12(11)14)7-10-5-4-6-13(10)2/h4-6,9,11H,3,7-8H2,1-2H3. The second-order valence-corrected chi connectivity index (χ2v) is 4.22. The quantitative estimate of drug-likeness (QED) is 0.707. The van der Waals surface area contributed by atoms with Crippen LogP contribution in [0.5, 0.6) is 0 Å². The maximum atomic E-state index is 11.4. The number of aryl methyl sites for hydroxylation is 1. The van der Waals surface area contributed by atoms with E-state index in [9.17, 15) is 4.79 Å². The zero-order chi connectivity index (χ0) is 10.8. The molecular formula is C12H17NO2. The Morgan fingerprint density at radius 3 is 3.00 bits per heavy atom. The summed E-state index contributed by atoms with van der Waals surface area (Å²) in [6.07, 6.45) is 3.86. The second-order valence-electron chi connectivity index (χ2n) is 4.22. The molecule has 0 bridgehead atoms. The summed E-state index contributed by atoms with van der Waals surface area (Å²) in [5.41, 5.74) is 1.27. The number of hydrogen-bond acceptors (Lipinski definition) is 2. The van der Waals surface area contributed by atoms with Crippen molar-refractivity contribution in [3.05, 3.63) is 24.0 Å². The summed E-state index contributed by atoms with van der Waals surface area (Å²) in [6.45, 7) is 2.64. The Bertz CT molecular complexity index is 356. The fourth-order valence-electron chi connectivity index (χ4n) is 2.28. The van der Waals surface area contributed by atoms with Crippen molar-refractivity contribution in [3.63, 3.8) is 0 Å². The van der Waals surface area contributed by atoms with Crippen LogP contribution in [-0.2, 0) is 23.0 Å². The third-order valence-corrected chi connectivity index (χ3v) is 3.27. The Balaban J connectivity index is 2.06. The Kier molecular flexibility index (Phi) is 2.80. The van der Waals surface area contributed by atoms with E-state index in [4.69, 9.17) is 4.74 Å². The molecule has 2 rings (SSSR count). The highest BCUT2D eigenvalue weighted by molar-refractivity contribution is 5.74. The fourth-order valence-corrected chi connectivity index (χ4v) is 2.28. The van der Waals surface area contributed by atoms with Gasteiger partial charge < -0.3 is 9.30 Å². The normalized spacial score (nSPS) is 25.6. The third kappa shape index (κ3) is 1.91. The SMILES string of the molecule is CCC1C(=O)OCC1Cc1cccn1C. The van der Waals surface area contributed by atoms with Gasteiger partial charge in [0, 0.05) is 24.9 Å². The van der Waals surface area contributed by atoms with Crippen LogP contribution in [0.25, 0.3) is 0 Å². The molecule has 15 heavy (non-hydrogen) atoms. The molecule has 1 aromatic rings. The van der Waals surface area contributed by atoms with Crippen molar-refractivity contribution in [1.29, 1.82) is 0 Å². The number of aromatic nitrogens is 1. The minimum atomic E-state index is -0.0169. The number of cyclic esters (lactones) is 1. The molecule has 2 heterocycles. The van der Waals surface area contributed by atoms with Gasteiger partial charge in [-0.3, -0.25) is 4.79 Å². The van der Waals surface area contributed by atoms with Crippen LogP contribution in [0.1, 0.15) is 19.0 Å².